The van der Waals surface area contributed by atoms with Gasteiger partial charge in [-0.3, -0.25) is 4.79 Å². The third kappa shape index (κ3) is 2.92. The molecule has 3 N–H and O–H groups in total. The fraction of sp³-hybridized carbons (Fsp3) is 0.462. The minimum atomic E-state index is -3.86. The van der Waals surface area contributed by atoms with Crippen LogP contribution in [0.25, 0.3) is 0 Å². The zero-order valence-electron chi connectivity index (χ0n) is 12.0. The van der Waals surface area contributed by atoms with Crippen LogP contribution in [0.2, 0.25) is 0 Å². The Morgan fingerprint density at radius 3 is 2.50 bits per heavy atom. The fourth-order valence-corrected chi connectivity index (χ4v) is 3.75. The second-order valence-electron chi connectivity index (χ2n) is 5.10. The molecule has 1 aromatic carbocycles. The summed E-state index contributed by atoms with van der Waals surface area (Å²) in [5.41, 5.74) is 3.42. The highest BCUT2D eigenvalue weighted by molar-refractivity contribution is 7.89. The average Bonchev–Trinajstić information content (AvgIpc) is 2.47. The van der Waals surface area contributed by atoms with Crippen molar-refractivity contribution in [3.8, 4) is 5.75 Å². The Hall–Kier alpha value is -1.71. The smallest absolute Gasteiger partial charge is 0.249 e. The average molecular weight is 332 g/mol. The highest BCUT2D eigenvalue weighted by Crippen LogP contribution is 2.28. The number of benzene rings is 1. The van der Waals surface area contributed by atoms with Crippen LogP contribution >= 0.6 is 0 Å². The summed E-state index contributed by atoms with van der Waals surface area (Å²) in [6.45, 7) is -0.108. The lowest BCUT2D eigenvalue weighted by Gasteiger charge is -2.35. The van der Waals surface area contributed by atoms with Crippen molar-refractivity contribution in [2.75, 3.05) is 20.2 Å². The summed E-state index contributed by atoms with van der Waals surface area (Å²) < 4.78 is 44.3. The van der Waals surface area contributed by atoms with Crippen LogP contribution in [0.1, 0.15) is 12.8 Å². The molecular weight excluding hydrogens is 315 g/mol. The van der Waals surface area contributed by atoms with E-state index in [1.807, 2.05) is 0 Å². The molecule has 1 amide bonds. The number of aliphatic hydroxyl groups is 1. The molecule has 1 aliphatic heterocycles. The van der Waals surface area contributed by atoms with E-state index >= 15 is 0 Å². The molecule has 9 heteroatoms. The van der Waals surface area contributed by atoms with Gasteiger partial charge >= 0.3 is 0 Å². The Morgan fingerprint density at radius 2 is 2.00 bits per heavy atom. The first kappa shape index (κ1) is 16.7. The van der Waals surface area contributed by atoms with E-state index in [-0.39, 0.29) is 36.6 Å². The van der Waals surface area contributed by atoms with Gasteiger partial charge in [0.2, 0.25) is 15.9 Å². The van der Waals surface area contributed by atoms with Crippen LogP contribution < -0.4 is 10.5 Å². The predicted octanol–water partition coefficient (Wildman–Crippen LogP) is -0.165. The second kappa shape index (κ2) is 5.82. The van der Waals surface area contributed by atoms with Crippen molar-refractivity contribution in [3.05, 3.63) is 24.0 Å². The number of nitrogens with two attached hydrogens (primary N) is 1. The number of carbonyl (C=O) groups is 1. The topological polar surface area (TPSA) is 110 Å². The monoisotopic (exact) mass is 332 g/mol. The molecule has 2 rings (SSSR count). The van der Waals surface area contributed by atoms with Gasteiger partial charge < -0.3 is 15.6 Å². The van der Waals surface area contributed by atoms with E-state index in [0.29, 0.717) is 0 Å². The SMILES string of the molecule is COc1cc(S(=O)(=O)N2CCC(O)(C(N)=O)CC2)ccc1F. The summed E-state index contributed by atoms with van der Waals surface area (Å²) >= 11 is 0. The molecule has 1 heterocycles. The van der Waals surface area contributed by atoms with Gasteiger partial charge in [-0.15, -0.1) is 0 Å². The van der Waals surface area contributed by atoms with Crippen molar-refractivity contribution in [1.29, 1.82) is 0 Å². The molecule has 0 radical (unpaired) electrons. The number of methoxy groups -OCH3 is 1. The molecular formula is C13H17FN2O5S. The van der Waals surface area contributed by atoms with Crippen molar-refractivity contribution >= 4 is 15.9 Å². The van der Waals surface area contributed by atoms with Gasteiger partial charge in [-0.05, 0) is 25.0 Å². The molecule has 122 valence electrons. The molecule has 0 saturated carbocycles. The zero-order valence-corrected chi connectivity index (χ0v) is 12.8. The number of halogens is 1. The number of piperidine rings is 1. The molecule has 0 atom stereocenters. The zero-order chi connectivity index (χ0) is 16.5. The molecule has 7 nitrogen and oxygen atoms in total. The Bertz CT molecular complexity index is 684. The minimum Gasteiger partial charge on any atom is -0.494 e. The number of rotatable bonds is 4. The Balaban J connectivity index is 2.24. The van der Waals surface area contributed by atoms with E-state index in [2.05, 4.69) is 0 Å². The van der Waals surface area contributed by atoms with E-state index in [1.54, 1.807) is 0 Å². The molecule has 0 aliphatic carbocycles. The first-order valence-electron chi connectivity index (χ1n) is 6.57. The van der Waals surface area contributed by atoms with E-state index in [4.69, 9.17) is 10.5 Å². The number of ether oxygens (including phenoxy) is 1. The van der Waals surface area contributed by atoms with Crippen LogP contribution in [0.15, 0.2) is 23.1 Å². The first-order valence-corrected chi connectivity index (χ1v) is 8.01. The fourth-order valence-electron chi connectivity index (χ4n) is 2.29. The highest BCUT2D eigenvalue weighted by Gasteiger charge is 2.41. The van der Waals surface area contributed by atoms with Gasteiger partial charge in [-0.25, -0.2) is 12.8 Å². The van der Waals surface area contributed by atoms with E-state index in [1.165, 1.54) is 7.11 Å². The summed E-state index contributed by atoms with van der Waals surface area (Å²) in [6, 6.07) is 3.25. The minimum absolute atomic E-state index is 0.0541. The standard InChI is InChI=1S/C13H17FN2O5S/c1-21-11-8-9(2-3-10(11)14)22(19,20)16-6-4-13(18,5-7-16)12(15)17/h2-3,8,18H,4-7H2,1H3,(H2,15,17). The lowest BCUT2D eigenvalue weighted by molar-refractivity contribution is -0.139. The third-order valence-corrected chi connectivity index (χ3v) is 5.66. The first-order chi connectivity index (χ1) is 10.2. The summed E-state index contributed by atoms with van der Waals surface area (Å²) in [5, 5.41) is 9.96. The molecule has 0 bridgehead atoms. The van der Waals surface area contributed by atoms with Crippen molar-refractivity contribution in [1.82, 2.24) is 4.31 Å². The number of hydrogen-bond donors (Lipinski definition) is 2. The van der Waals surface area contributed by atoms with E-state index < -0.39 is 27.3 Å². The van der Waals surface area contributed by atoms with Gasteiger partial charge in [0, 0.05) is 19.2 Å². The van der Waals surface area contributed by atoms with Crippen LogP contribution in [-0.4, -0.2) is 49.5 Å². The van der Waals surface area contributed by atoms with Gasteiger partial charge in [-0.2, -0.15) is 4.31 Å². The van der Waals surface area contributed by atoms with Gasteiger partial charge in [-0.1, -0.05) is 0 Å². The summed E-state index contributed by atoms with van der Waals surface area (Å²) in [4.78, 5) is 11.1. The third-order valence-electron chi connectivity index (χ3n) is 3.77. The Morgan fingerprint density at radius 1 is 1.41 bits per heavy atom. The van der Waals surface area contributed by atoms with Crippen molar-refractivity contribution in [3.63, 3.8) is 0 Å². The Kier molecular flexibility index (Phi) is 4.41. The normalized spacial score (nSPS) is 18.9. The van der Waals surface area contributed by atoms with E-state index in [9.17, 15) is 22.7 Å². The number of primary amides is 1. The quantitative estimate of drug-likeness (QED) is 0.796. The number of carbonyl (C=O) groups excluding carboxylic acids is 1. The summed E-state index contributed by atoms with van der Waals surface area (Å²) in [7, 11) is -2.63. The van der Waals surface area contributed by atoms with Crippen LogP contribution in [0.3, 0.4) is 0 Å². The molecule has 0 unspecified atom stereocenters. The molecule has 0 aromatic heterocycles. The van der Waals surface area contributed by atoms with Crippen LogP contribution in [0.4, 0.5) is 4.39 Å². The van der Waals surface area contributed by atoms with Crippen LogP contribution in [-0.2, 0) is 14.8 Å². The summed E-state index contributed by atoms with van der Waals surface area (Å²) in [5.74, 6) is -1.71. The van der Waals surface area contributed by atoms with Crippen molar-refractivity contribution in [2.24, 2.45) is 5.73 Å². The van der Waals surface area contributed by atoms with Gasteiger partial charge in [0.25, 0.3) is 0 Å². The van der Waals surface area contributed by atoms with Gasteiger partial charge in [0.1, 0.15) is 5.60 Å². The lowest BCUT2D eigenvalue weighted by atomic mass is 9.92. The largest absolute Gasteiger partial charge is 0.494 e. The van der Waals surface area contributed by atoms with E-state index in [0.717, 1.165) is 22.5 Å². The molecule has 22 heavy (non-hydrogen) atoms. The number of nitrogens with zero attached hydrogens (tertiary/aromatic N) is 1. The molecule has 0 spiro atoms. The van der Waals surface area contributed by atoms with Gasteiger partial charge in [0.05, 0.1) is 12.0 Å². The maximum Gasteiger partial charge on any atom is 0.249 e. The Labute approximate surface area is 127 Å². The number of sulfonamides is 1. The highest BCUT2D eigenvalue weighted by atomic mass is 32.2. The molecule has 1 aliphatic rings. The molecule has 1 fully saturated rings. The number of amides is 1. The molecule has 1 aromatic rings. The summed E-state index contributed by atoms with van der Waals surface area (Å²) in [6.07, 6.45) is -0.167. The maximum atomic E-state index is 13.4. The second-order valence-corrected chi connectivity index (χ2v) is 7.03. The maximum absolute atomic E-state index is 13.4. The van der Waals surface area contributed by atoms with Gasteiger partial charge in [0.15, 0.2) is 11.6 Å². The van der Waals surface area contributed by atoms with Crippen LogP contribution in [0, 0.1) is 5.82 Å². The van der Waals surface area contributed by atoms with Crippen molar-refractivity contribution < 1.29 is 27.4 Å². The van der Waals surface area contributed by atoms with Crippen molar-refractivity contribution in [2.45, 2.75) is 23.3 Å². The van der Waals surface area contributed by atoms with Crippen LogP contribution in [0.5, 0.6) is 5.75 Å². The number of hydrogen-bond acceptors (Lipinski definition) is 5. The predicted molar refractivity (Wildman–Crippen MR) is 75.1 cm³/mol. The molecule has 1 saturated heterocycles. The lowest BCUT2D eigenvalue weighted by Crippen LogP contribution is -2.53.